The molecule has 1 aromatic rings. The molecule has 1 aromatic heterocycles. The van der Waals surface area contributed by atoms with Gasteiger partial charge in [0.25, 0.3) is 0 Å². The summed E-state index contributed by atoms with van der Waals surface area (Å²) in [7, 11) is 0. The van der Waals surface area contributed by atoms with Crippen molar-refractivity contribution >= 4 is 11.6 Å². The Balaban J connectivity index is 1.69. The van der Waals surface area contributed by atoms with Gasteiger partial charge in [-0.3, -0.25) is 0 Å². The van der Waals surface area contributed by atoms with E-state index in [0.717, 1.165) is 17.7 Å². The molecular formula is C11H16N4. The van der Waals surface area contributed by atoms with Crippen LogP contribution in [-0.2, 0) is 0 Å². The molecule has 4 heteroatoms. The Hall–Kier alpha value is -1.32. The van der Waals surface area contributed by atoms with Gasteiger partial charge in [0.1, 0.15) is 11.6 Å². The molecule has 0 aromatic carbocycles. The third kappa shape index (κ3) is 2.03. The topological polar surface area (TPSA) is 63.8 Å². The molecule has 0 amide bonds. The monoisotopic (exact) mass is 204 g/mol. The van der Waals surface area contributed by atoms with Crippen LogP contribution < -0.4 is 11.1 Å². The van der Waals surface area contributed by atoms with Gasteiger partial charge in [-0.15, -0.1) is 0 Å². The fourth-order valence-corrected chi connectivity index (χ4v) is 2.11. The molecule has 0 spiro atoms. The van der Waals surface area contributed by atoms with Crippen molar-refractivity contribution in [3.63, 3.8) is 0 Å². The second-order valence-corrected chi connectivity index (χ2v) is 4.67. The quantitative estimate of drug-likeness (QED) is 0.783. The van der Waals surface area contributed by atoms with Crippen molar-refractivity contribution in [2.75, 3.05) is 11.1 Å². The zero-order valence-corrected chi connectivity index (χ0v) is 8.69. The number of nitrogens with one attached hydrogen (secondary N) is 1. The molecule has 2 fully saturated rings. The highest BCUT2D eigenvalue weighted by molar-refractivity contribution is 5.38. The highest BCUT2D eigenvalue weighted by Gasteiger charge is 2.41. The van der Waals surface area contributed by atoms with Gasteiger partial charge in [-0.1, -0.05) is 0 Å². The van der Waals surface area contributed by atoms with E-state index in [1.54, 1.807) is 12.4 Å². The van der Waals surface area contributed by atoms with Crippen LogP contribution in [0.1, 0.15) is 25.7 Å². The summed E-state index contributed by atoms with van der Waals surface area (Å²) >= 11 is 0. The van der Waals surface area contributed by atoms with Crippen molar-refractivity contribution in [2.24, 2.45) is 11.8 Å². The van der Waals surface area contributed by atoms with E-state index in [4.69, 9.17) is 5.73 Å². The van der Waals surface area contributed by atoms with E-state index in [1.807, 2.05) is 0 Å². The molecule has 2 aliphatic carbocycles. The van der Waals surface area contributed by atoms with E-state index in [9.17, 15) is 0 Å². The van der Waals surface area contributed by atoms with E-state index in [2.05, 4.69) is 15.3 Å². The SMILES string of the molecule is Nc1cnc(NC(C2CC2)C2CC2)cn1. The molecule has 3 rings (SSSR count). The predicted molar refractivity (Wildman–Crippen MR) is 59.3 cm³/mol. The standard InChI is InChI=1S/C11H16N4/c12-9-5-14-10(6-13-9)15-11(7-1-2-7)8-3-4-8/h5-8,11H,1-4H2,(H2,12,13)(H,14,15). The molecule has 0 atom stereocenters. The molecule has 80 valence electrons. The minimum Gasteiger partial charge on any atom is -0.382 e. The fourth-order valence-electron chi connectivity index (χ4n) is 2.11. The fraction of sp³-hybridized carbons (Fsp3) is 0.636. The number of anilines is 2. The lowest BCUT2D eigenvalue weighted by molar-refractivity contribution is 0.565. The third-order valence-electron chi connectivity index (χ3n) is 3.25. The van der Waals surface area contributed by atoms with Gasteiger partial charge in [0, 0.05) is 6.04 Å². The second kappa shape index (κ2) is 3.36. The van der Waals surface area contributed by atoms with Crippen LogP contribution >= 0.6 is 0 Å². The Morgan fingerprint density at radius 3 is 2.27 bits per heavy atom. The van der Waals surface area contributed by atoms with E-state index in [1.165, 1.54) is 25.7 Å². The number of aromatic nitrogens is 2. The largest absolute Gasteiger partial charge is 0.382 e. The van der Waals surface area contributed by atoms with Crippen LogP contribution in [0.5, 0.6) is 0 Å². The van der Waals surface area contributed by atoms with E-state index < -0.39 is 0 Å². The zero-order chi connectivity index (χ0) is 10.3. The lowest BCUT2D eigenvalue weighted by Gasteiger charge is -2.17. The van der Waals surface area contributed by atoms with Crippen molar-refractivity contribution in [2.45, 2.75) is 31.7 Å². The van der Waals surface area contributed by atoms with Gasteiger partial charge in [-0.2, -0.15) is 0 Å². The minimum atomic E-state index is 0.481. The summed E-state index contributed by atoms with van der Waals surface area (Å²) in [6.07, 6.45) is 8.83. The summed E-state index contributed by atoms with van der Waals surface area (Å²) in [4.78, 5) is 8.28. The molecule has 1 heterocycles. The summed E-state index contributed by atoms with van der Waals surface area (Å²) < 4.78 is 0. The maximum atomic E-state index is 5.50. The molecule has 4 nitrogen and oxygen atoms in total. The summed E-state index contributed by atoms with van der Waals surface area (Å²) in [6.45, 7) is 0. The van der Waals surface area contributed by atoms with E-state index in [-0.39, 0.29) is 0 Å². The molecule has 15 heavy (non-hydrogen) atoms. The maximum Gasteiger partial charge on any atom is 0.144 e. The zero-order valence-electron chi connectivity index (χ0n) is 8.69. The van der Waals surface area contributed by atoms with Crippen LogP contribution in [0.15, 0.2) is 12.4 Å². The average Bonchev–Trinajstić information content (AvgIpc) is 3.11. The normalized spacial score (nSPS) is 20.6. The van der Waals surface area contributed by atoms with Gasteiger partial charge in [0.15, 0.2) is 0 Å². The Bertz CT molecular complexity index is 328. The average molecular weight is 204 g/mol. The first-order valence-electron chi connectivity index (χ1n) is 5.67. The van der Waals surface area contributed by atoms with Crippen molar-refractivity contribution < 1.29 is 0 Å². The smallest absolute Gasteiger partial charge is 0.144 e. The minimum absolute atomic E-state index is 0.481. The number of nitrogens with two attached hydrogens (primary N) is 1. The number of nitrogens with zero attached hydrogens (tertiary/aromatic N) is 2. The number of hydrogen-bond acceptors (Lipinski definition) is 4. The van der Waals surface area contributed by atoms with Gasteiger partial charge in [0.2, 0.25) is 0 Å². The first kappa shape index (κ1) is 8.95. The molecule has 0 saturated heterocycles. The van der Waals surface area contributed by atoms with Crippen LogP contribution in [0.4, 0.5) is 11.6 Å². The Kier molecular flexibility index (Phi) is 2.01. The van der Waals surface area contributed by atoms with Crippen molar-refractivity contribution in [1.82, 2.24) is 9.97 Å². The maximum absolute atomic E-state index is 5.50. The number of rotatable bonds is 4. The Morgan fingerprint density at radius 1 is 1.13 bits per heavy atom. The molecule has 0 radical (unpaired) electrons. The molecule has 2 saturated carbocycles. The van der Waals surface area contributed by atoms with Crippen LogP contribution in [0, 0.1) is 11.8 Å². The summed E-state index contributed by atoms with van der Waals surface area (Å²) in [5, 5.41) is 3.50. The lowest BCUT2D eigenvalue weighted by Crippen LogP contribution is -2.24. The van der Waals surface area contributed by atoms with E-state index in [0.29, 0.717) is 11.9 Å². The van der Waals surface area contributed by atoms with Gasteiger partial charge < -0.3 is 11.1 Å². The summed E-state index contributed by atoms with van der Waals surface area (Å²) in [5.41, 5.74) is 5.50. The first-order valence-corrected chi connectivity index (χ1v) is 5.67. The molecular weight excluding hydrogens is 188 g/mol. The van der Waals surface area contributed by atoms with Gasteiger partial charge in [-0.25, -0.2) is 9.97 Å². The van der Waals surface area contributed by atoms with Crippen LogP contribution in [-0.4, -0.2) is 16.0 Å². The Labute approximate surface area is 89.3 Å². The molecule has 0 bridgehead atoms. The predicted octanol–water partition coefficient (Wildman–Crippen LogP) is 1.66. The lowest BCUT2D eigenvalue weighted by atomic mass is 10.1. The van der Waals surface area contributed by atoms with Crippen molar-refractivity contribution in [1.29, 1.82) is 0 Å². The van der Waals surface area contributed by atoms with Crippen LogP contribution in [0.25, 0.3) is 0 Å². The van der Waals surface area contributed by atoms with Crippen molar-refractivity contribution in [3.8, 4) is 0 Å². The number of hydrogen-bond donors (Lipinski definition) is 2. The Morgan fingerprint density at radius 2 is 1.80 bits per heavy atom. The van der Waals surface area contributed by atoms with Gasteiger partial charge in [0.05, 0.1) is 12.4 Å². The van der Waals surface area contributed by atoms with Crippen LogP contribution in [0.3, 0.4) is 0 Å². The third-order valence-corrected chi connectivity index (χ3v) is 3.25. The highest BCUT2D eigenvalue weighted by atomic mass is 15.1. The van der Waals surface area contributed by atoms with E-state index >= 15 is 0 Å². The van der Waals surface area contributed by atoms with Crippen LogP contribution in [0.2, 0.25) is 0 Å². The highest BCUT2D eigenvalue weighted by Crippen LogP contribution is 2.45. The summed E-state index contributed by atoms with van der Waals surface area (Å²) in [6, 6.07) is 0.628. The molecule has 0 aliphatic heterocycles. The first-order chi connectivity index (χ1) is 7.33. The molecule has 3 N–H and O–H groups in total. The van der Waals surface area contributed by atoms with Gasteiger partial charge >= 0.3 is 0 Å². The number of nitrogen functional groups attached to an aromatic ring is 1. The molecule has 0 unspecified atom stereocenters. The molecule has 2 aliphatic rings. The summed E-state index contributed by atoms with van der Waals surface area (Å²) in [5.74, 6) is 3.09. The second-order valence-electron chi connectivity index (χ2n) is 4.67. The van der Waals surface area contributed by atoms with Crippen molar-refractivity contribution in [3.05, 3.63) is 12.4 Å². The van der Waals surface area contributed by atoms with Gasteiger partial charge in [-0.05, 0) is 37.5 Å².